The summed E-state index contributed by atoms with van der Waals surface area (Å²) < 4.78 is 33.5. The van der Waals surface area contributed by atoms with Crippen LogP contribution >= 0.6 is 0 Å². The van der Waals surface area contributed by atoms with Crippen LogP contribution in [0.5, 0.6) is 0 Å². The van der Waals surface area contributed by atoms with Crippen molar-refractivity contribution in [3.8, 4) is 11.3 Å². The maximum absolute atomic E-state index is 13.3. The van der Waals surface area contributed by atoms with Crippen molar-refractivity contribution in [1.82, 2.24) is 9.71 Å². The Morgan fingerprint density at radius 1 is 0.917 bits per heavy atom. The smallest absolute Gasteiger partial charge is 0.324 e. The number of ether oxygens (including phenoxy) is 1. The van der Waals surface area contributed by atoms with Crippen molar-refractivity contribution in [3.05, 3.63) is 90.0 Å². The molecule has 3 aromatic carbocycles. The first-order valence-corrected chi connectivity index (χ1v) is 13.1. The number of fused-ring (bicyclic) bond motifs is 1. The van der Waals surface area contributed by atoms with Gasteiger partial charge in [-0.3, -0.25) is 9.59 Å². The number of H-pyrrole nitrogens is 1. The van der Waals surface area contributed by atoms with Crippen LogP contribution in [0.4, 0.5) is 0 Å². The second kappa shape index (κ2) is 10.5. The van der Waals surface area contributed by atoms with Crippen molar-refractivity contribution in [2.45, 2.75) is 31.7 Å². The van der Waals surface area contributed by atoms with Crippen LogP contribution in [0.1, 0.15) is 29.8 Å². The zero-order chi connectivity index (χ0) is 25.9. The number of nitrogens with one attached hydrogen (secondary N) is 2. The number of hydrogen-bond acceptors (Lipinski definition) is 5. The fraction of sp³-hybridized carbons (Fsp3) is 0.214. The molecule has 0 radical (unpaired) electrons. The maximum Gasteiger partial charge on any atom is 0.324 e. The summed E-state index contributed by atoms with van der Waals surface area (Å²) in [4.78, 5) is 29.6. The average molecular weight is 505 g/mol. The molecular formula is C28H28N2O5S. The minimum Gasteiger partial charge on any atom is -0.456 e. The van der Waals surface area contributed by atoms with Gasteiger partial charge in [-0.1, -0.05) is 80.1 Å². The molecule has 0 bridgehead atoms. The summed E-state index contributed by atoms with van der Waals surface area (Å²) in [7, 11) is -3.96. The lowest BCUT2D eigenvalue weighted by atomic mass is 10.0. The van der Waals surface area contributed by atoms with Gasteiger partial charge in [0.2, 0.25) is 15.8 Å². The summed E-state index contributed by atoms with van der Waals surface area (Å²) >= 11 is 0. The molecule has 186 valence electrons. The first kappa shape index (κ1) is 25.3. The number of carbonyl (C=O) groups excluding carboxylic acids is 2. The normalized spacial score (nSPS) is 12.6. The first-order valence-electron chi connectivity index (χ1n) is 11.6. The number of sulfonamides is 1. The van der Waals surface area contributed by atoms with Gasteiger partial charge in [0.25, 0.3) is 0 Å². The highest BCUT2D eigenvalue weighted by Gasteiger charge is 2.30. The van der Waals surface area contributed by atoms with Crippen LogP contribution in [0, 0.1) is 12.8 Å². The van der Waals surface area contributed by atoms with Crippen LogP contribution < -0.4 is 4.72 Å². The molecule has 1 atom stereocenters. The lowest BCUT2D eigenvalue weighted by Gasteiger charge is -2.20. The zero-order valence-corrected chi connectivity index (χ0v) is 21.1. The maximum atomic E-state index is 13.3. The van der Waals surface area contributed by atoms with Crippen molar-refractivity contribution >= 4 is 32.7 Å². The van der Waals surface area contributed by atoms with E-state index in [4.69, 9.17) is 4.74 Å². The van der Waals surface area contributed by atoms with Gasteiger partial charge >= 0.3 is 5.97 Å². The number of esters is 1. The van der Waals surface area contributed by atoms with Crippen molar-refractivity contribution in [1.29, 1.82) is 0 Å². The van der Waals surface area contributed by atoms with Gasteiger partial charge in [-0.15, -0.1) is 0 Å². The second-order valence-corrected chi connectivity index (χ2v) is 10.7. The summed E-state index contributed by atoms with van der Waals surface area (Å²) in [6, 6.07) is 22.0. The molecule has 2 N–H and O–H groups in total. The minimum absolute atomic E-state index is 0.0499. The standard InChI is InChI=1S/C28H28N2O5S/c1-18(2)26(30-36(33,34)21-15-13-19(3)14-16-21)28(32)35-17-24(31)25-22-11-7-8-12-23(22)29-27(25)20-9-5-4-6-10-20/h4-16,18,26,29-30H,17H2,1-3H3. The number of benzene rings is 3. The third kappa shape index (κ3) is 5.40. The van der Waals surface area contributed by atoms with Crippen molar-refractivity contribution < 1.29 is 22.7 Å². The Labute approximate surface area is 210 Å². The van der Waals surface area contributed by atoms with Crippen LogP contribution in [0.2, 0.25) is 0 Å². The summed E-state index contributed by atoms with van der Waals surface area (Å²) in [5, 5.41) is 0.720. The highest BCUT2D eigenvalue weighted by atomic mass is 32.2. The number of hydrogen-bond donors (Lipinski definition) is 2. The molecule has 8 heteroatoms. The third-order valence-corrected chi connectivity index (χ3v) is 7.38. The van der Waals surface area contributed by atoms with Crippen molar-refractivity contribution in [2.75, 3.05) is 6.61 Å². The van der Waals surface area contributed by atoms with Gasteiger partial charge in [-0.25, -0.2) is 8.42 Å². The molecule has 4 rings (SSSR count). The van der Waals surface area contributed by atoms with Crippen molar-refractivity contribution in [3.63, 3.8) is 0 Å². The van der Waals surface area contributed by atoms with Gasteiger partial charge in [0, 0.05) is 10.9 Å². The number of ketones is 1. The first-order chi connectivity index (χ1) is 17.2. The van der Waals surface area contributed by atoms with Gasteiger partial charge in [0.1, 0.15) is 6.04 Å². The van der Waals surface area contributed by atoms with Crippen LogP contribution in [0.3, 0.4) is 0 Å². The van der Waals surface area contributed by atoms with Crippen molar-refractivity contribution in [2.24, 2.45) is 5.92 Å². The molecule has 7 nitrogen and oxygen atoms in total. The average Bonchev–Trinajstić information content (AvgIpc) is 3.26. The fourth-order valence-corrected chi connectivity index (χ4v) is 5.29. The van der Waals surface area contributed by atoms with Gasteiger partial charge in [0.05, 0.1) is 16.2 Å². The summed E-state index contributed by atoms with van der Waals surface area (Å²) in [5.41, 5.74) is 3.59. The molecule has 0 saturated carbocycles. The van der Waals surface area contributed by atoms with Gasteiger partial charge < -0.3 is 9.72 Å². The molecule has 0 aliphatic heterocycles. The van der Waals surface area contributed by atoms with E-state index in [9.17, 15) is 18.0 Å². The van der Waals surface area contributed by atoms with Crippen LogP contribution in [0.15, 0.2) is 83.8 Å². The van der Waals surface area contributed by atoms with E-state index in [-0.39, 0.29) is 10.7 Å². The number of aromatic nitrogens is 1. The Morgan fingerprint density at radius 2 is 1.56 bits per heavy atom. The molecule has 1 heterocycles. The summed E-state index contributed by atoms with van der Waals surface area (Å²) in [6.45, 7) is 4.75. The molecule has 0 aliphatic carbocycles. The monoisotopic (exact) mass is 504 g/mol. The lowest BCUT2D eigenvalue weighted by molar-refractivity contribution is -0.145. The minimum atomic E-state index is -3.96. The summed E-state index contributed by atoms with van der Waals surface area (Å²) in [5.74, 6) is -1.60. The zero-order valence-electron chi connectivity index (χ0n) is 20.3. The number of para-hydroxylation sites is 1. The van der Waals surface area contributed by atoms with Crippen LogP contribution in [0.25, 0.3) is 22.2 Å². The number of aryl methyl sites for hydroxylation is 1. The molecule has 0 spiro atoms. The summed E-state index contributed by atoms with van der Waals surface area (Å²) in [6.07, 6.45) is 0. The largest absolute Gasteiger partial charge is 0.456 e. The van der Waals surface area contributed by atoms with Gasteiger partial charge in [-0.05, 0) is 36.6 Å². The van der Waals surface area contributed by atoms with E-state index in [0.717, 1.165) is 22.0 Å². The number of rotatable bonds is 9. The van der Waals surface area contributed by atoms with E-state index < -0.39 is 34.6 Å². The quantitative estimate of drug-likeness (QED) is 0.250. The van der Waals surface area contributed by atoms with E-state index in [0.29, 0.717) is 11.3 Å². The highest BCUT2D eigenvalue weighted by molar-refractivity contribution is 7.89. The Balaban J connectivity index is 1.55. The molecule has 0 aliphatic rings. The third-order valence-electron chi connectivity index (χ3n) is 5.93. The van der Waals surface area contributed by atoms with E-state index in [2.05, 4.69) is 9.71 Å². The Kier molecular flexibility index (Phi) is 7.37. The number of aromatic amines is 1. The number of carbonyl (C=O) groups is 2. The topological polar surface area (TPSA) is 105 Å². The Morgan fingerprint density at radius 3 is 2.22 bits per heavy atom. The predicted octanol–water partition coefficient (Wildman–Crippen LogP) is 4.87. The molecule has 1 unspecified atom stereocenters. The fourth-order valence-electron chi connectivity index (χ4n) is 3.96. The Hall–Kier alpha value is -3.75. The molecular weight excluding hydrogens is 476 g/mol. The van der Waals surface area contributed by atoms with Crippen LogP contribution in [-0.2, 0) is 19.6 Å². The van der Waals surface area contributed by atoms with Crippen LogP contribution in [-0.4, -0.2) is 37.8 Å². The highest BCUT2D eigenvalue weighted by Crippen LogP contribution is 2.30. The molecule has 4 aromatic rings. The van der Waals surface area contributed by atoms with E-state index in [1.807, 2.05) is 61.5 Å². The SMILES string of the molecule is Cc1ccc(S(=O)(=O)NC(C(=O)OCC(=O)c2c(-c3ccccc3)[nH]c3ccccc23)C(C)C)cc1. The molecule has 36 heavy (non-hydrogen) atoms. The lowest BCUT2D eigenvalue weighted by Crippen LogP contribution is -2.45. The molecule has 0 amide bonds. The Bertz CT molecular complexity index is 1490. The molecule has 0 fully saturated rings. The second-order valence-electron chi connectivity index (χ2n) is 8.97. The van der Waals surface area contributed by atoms with Gasteiger partial charge in [-0.2, -0.15) is 4.72 Å². The predicted molar refractivity (Wildman–Crippen MR) is 139 cm³/mol. The van der Waals surface area contributed by atoms with E-state index >= 15 is 0 Å². The van der Waals surface area contributed by atoms with Gasteiger partial charge in [0.15, 0.2) is 6.61 Å². The molecule has 0 saturated heterocycles. The number of Topliss-reactive ketones (excluding diaryl/α,β-unsaturated/α-hetero) is 1. The molecule has 1 aromatic heterocycles. The van der Waals surface area contributed by atoms with E-state index in [1.54, 1.807) is 26.0 Å². The van der Waals surface area contributed by atoms with E-state index in [1.165, 1.54) is 12.1 Å².